The minimum absolute atomic E-state index is 0.266. The van der Waals surface area contributed by atoms with Gasteiger partial charge in [-0.05, 0) is 6.42 Å². The largest absolute Gasteiger partial charge is 0.481 e. The van der Waals surface area contributed by atoms with Crippen LogP contribution in [0.1, 0.15) is 23.1 Å². The Morgan fingerprint density at radius 3 is 1.39 bits per heavy atom. The highest BCUT2D eigenvalue weighted by Crippen LogP contribution is 2.43. The Morgan fingerprint density at radius 1 is 0.611 bits per heavy atom. The molecule has 0 aromatic heterocycles. The number of benzene rings is 2. The summed E-state index contributed by atoms with van der Waals surface area (Å²) >= 11 is 0. The molecule has 0 radical (unpaired) electrons. The van der Waals surface area contributed by atoms with Crippen LogP contribution in [0, 0.1) is 60.7 Å². The van der Waals surface area contributed by atoms with Crippen molar-refractivity contribution in [2.24, 2.45) is 0 Å². The van der Waals surface area contributed by atoms with Crippen molar-refractivity contribution in [2.45, 2.75) is 19.3 Å². The lowest BCUT2D eigenvalue weighted by atomic mass is 9.93. The third-order valence-electron chi connectivity index (χ3n) is 4.77. The van der Waals surface area contributed by atoms with E-state index in [1.54, 1.807) is 0 Å². The van der Waals surface area contributed by atoms with Gasteiger partial charge in [-0.2, -0.15) is 0 Å². The lowest BCUT2D eigenvalue weighted by Crippen LogP contribution is -2.11. The lowest BCUT2D eigenvalue weighted by molar-refractivity contribution is -0.405. The Kier molecular flexibility index (Phi) is 7.43. The Morgan fingerprint density at radius 2 is 1.03 bits per heavy atom. The van der Waals surface area contributed by atoms with Crippen LogP contribution in [-0.2, 0) is 17.6 Å². The molecular formula is C16H10N6O14. The van der Waals surface area contributed by atoms with Crippen molar-refractivity contribution >= 4 is 40.1 Å². The molecule has 188 valence electrons. The molecule has 0 aliphatic rings. The number of hydrogen-bond donors (Lipinski definition) is 1. The summed E-state index contributed by atoms with van der Waals surface area (Å²) in [5.74, 6) is -1.54. The zero-order chi connectivity index (χ0) is 27.5. The van der Waals surface area contributed by atoms with Gasteiger partial charge < -0.3 is 5.11 Å². The average molecular weight is 510 g/mol. The zero-order valence-corrected chi connectivity index (χ0v) is 17.3. The predicted molar refractivity (Wildman–Crippen MR) is 112 cm³/mol. The van der Waals surface area contributed by atoms with Gasteiger partial charge in [-0.3, -0.25) is 65.5 Å². The third-order valence-corrected chi connectivity index (χ3v) is 4.77. The van der Waals surface area contributed by atoms with Crippen LogP contribution in [0.15, 0.2) is 18.2 Å². The highest BCUT2D eigenvalue weighted by atomic mass is 16.6. The van der Waals surface area contributed by atoms with Crippen LogP contribution >= 0.6 is 0 Å². The number of carboxylic acid groups (broad SMARTS) is 1. The van der Waals surface area contributed by atoms with Crippen molar-refractivity contribution in [3.8, 4) is 0 Å². The van der Waals surface area contributed by atoms with Gasteiger partial charge in [0.25, 0.3) is 34.1 Å². The first kappa shape index (κ1) is 26.6. The molecule has 20 heteroatoms. The minimum Gasteiger partial charge on any atom is -0.481 e. The van der Waals surface area contributed by atoms with Gasteiger partial charge in [0.05, 0.1) is 47.7 Å². The number of nitrogens with zero attached hydrogens (tertiary/aromatic N) is 6. The van der Waals surface area contributed by atoms with Crippen LogP contribution in [0.3, 0.4) is 0 Å². The van der Waals surface area contributed by atoms with Crippen LogP contribution in [0.25, 0.3) is 0 Å². The number of rotatable bonds is 11. The van der Waals surface area contributed by atoms with E-state index in [1.165, 1.54) is 0 Å². The van der Waals surface area contributed by atoms with E-state index in [4.69, 9.17) is 5.11 Å². The summed E-state index contributed by atoms with van der Waals surface area (Å²) in [6, 6.07) is 0.871. The Balaban J connectivity index is 3.05. The highest BCUT2D eigenvalue weighted by molar-refractivity contribution is 5.73. The number of carboxylic acids is 1. The summed E-state index contributed by atoms with van der Waals surface area (Å²) in [6.07, 6.45) is -3.05. The first-order valence-corrected chi connectivity index (χ1v) is 9.11. The van der Waals surface area contributed by atoms with Crippen LogP contribution in [-0.4, -0.2) is 40.6 Å². The quantitative estimate of drug-likeness (QED) is 0.335. The molecule has 0 saturated heterocycles. The normalized spacial score (nSPS) is 10.4. The molecule has 0 atom stereocenters. The molecule has 0 fully saturated rings. The summed E-state index contributed by atoms with van der Waals surface area (Å²) in [6.45, 7) is 0. The molecule has 0 aliphatic carbocycles. The SMILES string of the molecule is O=C(O)CCc1c([N+](=O)[O-])cc([N+](=O)[O-])c(Cc2c([N+](=O)[O-])cc([N+](=O)[O-])cc2[N+](=O)[O-])c1[N+](=O)[O-]. The van der Waals surface area contributed by atoms with E-state index in [9.17, 15) is 65.5 Å². The Hall–Kier alpha value is -5.69. The zero-order valence-electron chi connectivity index (χ0n) is 17.3. The number of hydrogen-bond acceptors (Lipinski definition) is 13. The van der Waals surface area contributed by atoms with E-state index in [-0.39, 0.29) is 6.07 Å². The molecule has 1 N–H and O–H groups in total. The smallest absolute Gasteiger partial charge is 0.303 e. The van der Waals surface area contributed by atoms with Crippen LogP contribution < -0.4 is 0 Å². The fourth-order valence-electron chi connectivity index (χ4n) is 3.34. The third kappa shape index (κ3) is 5.27. The second-order valence-corrected chi connectivity index (χ2v) is 6.80. The molecule has 0 heterocycles. The number of non-ortho nitro benzene ring substituents is 1. The van der Waals surface area contributed by atoms with Gasteiger partial charge in [-0.25, -0.2) is 0 Å². The van der Waals surface area contributed by atoms with E-state index in [0.717, 1.165) is 0 Å². The molecule has 2 rings (SSSR count). The molecule has 36 heavy (non-hydrogen) atoms. The monoisotopic (exact) mass is 510 g/mol. The highest BCUT2D eigenvalue weighted by Gasteiger charge is 2.40. The molecule has 0 amide bonds. The molecule has 20 nitrogen and oxygen atoms in total. The fourth-order valence-corrected chi connectivity index (χ4v) is 3.34. The summed E-state index contributed by atoms with van der Waals surface area (Å²) in [5, 5.41) is 77.9. The van der Waals surface area contributed by atoms with Crippen molar-refractivity contribution in [3.63, 3.8) is 0 Å². The second kappa shape index (κ2) is 10.1. The van der Waals surface area contributed by atoms with Crippen molar-refractivity contribution < 1.29 is 39.4 Å². The van der Waals surface area contributed by atoms with Gasteiger partial charge in [-0.15, -0.1) is 0 Å². The molecule has 0 saturated carbocycles. The number of carbonyl (C=O) groups is 1. The van der Waals surface area contributed by atoms with Crippen molar-refractivity contribution in [1.29, 1.82) is 0 Å². The van der Waals surface area contributed by atoms with Gasteiger partial charge in [0.1, 0.15) is 16.7 Å². The van der Waals surface area contributed by atoms with Crippen molar-refractivity contribution in [1.82, 2.24) is 0 Å². The predicted octanol–water partition coefficient (Wildman–Crippen LogP) is 2.74. The van der Waals surface area contributed by atoms with Gasteiger partial charge in [-0.1, -0.05) is 0 Å². The minimum atomic E-state index is -1.54. The van der Waals surface area contributed by atoms with E-state index < -0.39 is 106 Å². The van der Waals surface area contributed by atoms with Gasteiger partial charge in [0, 0.05) is 12.8 Å². The second-order valence-electron chi connectivity index (χ2n) is 6.80. The fraction of sp³-hybridized carbons (Fsp3) is 0.188. The molecule has 2 aromatic rings. The van der Waals surface area contributed by atoms with E-state index >= 15 is 0 Å². The number of aliphatic carboxylic acids is 1. The topological polar surface area (TPSA) is 296 Å². The Labute approximate surface area is 195 Å². The molecule has 0 spiro atoms. The molecule has 0 bridgehead atoms. The molecular weight excluding hydrogens is 500 g/mol. The van der Waals surface area contributed by atoms with Gasteiger partial charge in [0.2, 0.25) is 0 Å². The van der Waals surface area contributed by atoms with E-state index in [1.807, 2.05) is 0 Å². The maximum absolute atomic E-state index is 11.9. The summed E-state index contributed by atoms with van der Waals surface area (Å²) in [4.78, 5) is 72.4. The molecule has 2 aromatic carbocycles. The maximum Gasteiger partial charge on any atom is 0.303 e. The van der Waals surface area contributed by atoms with Crippen LogP contribution in [0.4, 0.5) is 34.1 Å². The maximum atomic E-state index is 11.9. The standard InChI is InChI=1S/C16H10N6O14/c23-15(24)2-1-8-13(20(31)32)6-14(21(33)34)10(16(8)22(35)36)5-9-11(18(27)28)3-7(17(25)26)4-12(9)19(29)30/h3-4,6H,1-2,5H2,(H,23,24). The summed E-state index contributed by atoms with van der Waals surface area (Å²) in [7, 11) is 0. The van der Waals surface area contributed by atoms with Crippen LogP contribution in [0.5, 0.6) is 0 Å². The van der Waals surface area contributed by atoms with Crippen molar-refractivity contribution in [3.05, 3.63) is 95.6 Å². The van der Waals surface area contributed by atoms with Gasteiger partial charge >= 0.3 is 5.97 Å². The van der Waals surface area contributed by atoms with Crippen LogP contribution in [0.2, 0.25) is 0 Å². The average Bonchev–Trinajstić information content (AvgIpc) is 2.75. The van der Waals surface area contributed by atoms with E-state index in [2.05, 4.69) is 0 Å². The van der Waals surface area contributed by atoms with E-state index in [0.29, 0.717) is 12.1 Å². The molecule has 0 unspecified atom stereocenters. The summed E-state index contributed by atoms with van der Waals surface area (Å²) < 4.78 is 0. The first-order valence-electron chi connectivity index (χ1n) is 9.11. The first-order chi connectivity index (χ1) is 16.7. The summed E-state index contributed by atoms with van der Waals surface area (Å²) in [5.41, 5.74) is -10.4. The lowest BCUT2D eigenvalue weighted by Gasteiger charge is -2.10. The molecule has 0 aliphatic heterocycles. The number of nitro benzene ring substituents is 6. The van der Waals surface area contributed by atoms with Crippen molar-refractivity contribution in [2.75, 3.05) is 0 Å². The Bertz CT molecular complexity index is 1330. The van der Waals surface area contributed by atoms with Gasteiger partial charge in [0.15, 0.2) is 0 Å². The number of nitro groups is 6.